The molecule has 2 aromatic heterocycles. The number of carbonyl (C=O) groups excluding carboxylic acids is 1. The Morgan fingerprint density at radius 3 is 2.42 bits per heavy atom. The lowest BCUT2D eigenvalue weighted by molar-refractivity contribution is -0.274. The third kappa shape index (κ3) is 5.86. The van der Waals surface area contributed by atoms with Crippen LogP contribution in [0.25, 0.3) is 22.3 Å². The number of aromatic amines is 2. The molecule has 0 saturated carbocycles. The first-order valence-corrected chi connectivity index (χ1v) is 13.3. The van der Waals surface area contributed by atoms with Gasteiger partial charge in [-0.3, -0.25) is 19.0 Å². The highest BCUT2D eigenvalue weighted by Gasteiger charge is 2.31. The predicted molar refractivity (Wildman–Crippen MR) is 140 cm³/mol. The van der Waals surface area contributed by atoms with Crippen LogP contribution in [0.3, 0.4) is 0 Å². The maximum atomic E-state index is 13.1. The number of para-hydroxylation sites is 1. The van der Waals surface area contributed by atoms with Crippen molar-refractivity contribution in [2.24, 2.45) is 0 Å². The Bertz CT molecular complexity index is 1900. The Morgan fingerprint density at radius 1 is 1.00 bits per heavy atom. The number of alkyl halides is 3. The highest BCUT2D eigenvalue weighted by Crippen LogP contribution is 2.31. The molecular weight excluding hydrogens is 623 g/mol. The second-order valence-electron chi connectivity index (χ2n) is 8.17. The van der Waals surface area contributed by atoms with Gasteiger partial charge in [-0.25, -0.2) is 13.2 Å². The number of H-pyrrole nitrogens is 2. The Labute approximate surface area is 230 Å². The zero-order valence-corrected chi connectivity index (χ0v) is 22.1. The number of fused-ring (bicyclic) bond motifs is 1. The minimum Gasteiger partial charge on any atom is -0.406 e. The van der Waals surface area contributed by atoms with Crippen LogP contribution >= 0.6 is 15.9 Å². The maximum Gasteiger partial charge on any atom is 0.573 e. The van der Waals surface area contributed by atoms with E-state index in [-0.39, 0.29) is 27.6 Å². The minimum absolute atomic E-state index is 0.0813. The smallest absolute Gasteiger partial charge is 0.406 e. The second-order valence-corrected chi connectivity index (χ2v) is 10.8. The molecule has 0 spiro atoms. The van der Waals surface area contributed by atoms with Crippen LogP contribution in [-0.2, 0) is 10.0 Å². The summed E-state index contributed by atoms with van der Waals surface area (Å²) in [6, 6.07) is 14.7. The summed E-state index contributed by atoms with van der Waals surface area (Å²) in [5.74, 6) is -1.84. The lowest BCUT2D eigenvalue weighted by Gasteiger charge is -2.11. The number of aromatic nitrogens is 3. The van der Waals surface area contributed by atoms with Gasteiger partial charge in [0.25, 0.3) is 15.9 Å². The highest BCUT2D eigenvalue weighted by molar-refractivity contribution is 9.10. The molecular formula is C24H15BrF3N5O6S. The molecule has 0 aliphatic rings. The summed E-state index contributed by atoms with van der Waals surface area (Å²) in [5.41, 5.74) is 1.12. The number of hydrogen-bond acceptors (Lipinski definition) is 7. The Morgan fingerprint density at radius 2 is 1.75 bits per heavy atom. The van der Waals surface area contributed by atoms with E-state index in [2.05, 4.69) is 50.4 Å². The SMILES string of the molecule is O=C(Nc1ccc(Br)cc1-c1noc(=O)[nH]1)c1cc2cccc(NS(=O)(=O)c3ccc(OC(F)(F)F)cc3)c2[nH]1. The molecule has 0 aliphatic heterocycles. The normalized spacial score (nSPS) is 11.9. The van der Waals surface area contributed by atoms with Crippen LogP contribution in [0.15, 0.2) is 85.4 Å². The number of sulfonamides is 1. The first-order chi connectivity index (χ1) is 18.9. The molecule has 206 valence electrons. The van der Waals surface area contributed by atoms with Gasteiger partial charge in [0.05, 0.1) is 21.8 Å². The van der Waals surface area contributed by atoms with Crippen LogP contribution in [0.2, 0.25) is 0 Å². The molecule has 0 radical (unpaired) electrons. The van der Waals surface area contributed by atoms with E-state index >= 15 is 0 Å². The van der Waals surface area contributed by atoms with E-state index in [0.717, 1.165) is 24.3 Å². The summed E-state index contributed by atoms with van der Waals surface area (Å²) >= 11 is 3.32. The molecule has 5 rings (SSSR count). The van der Waals surface area contributed by atoms with E-state index in [9.17, 15) is 31.2 Å². The highest BCUT2D eigenvalue weighted by atomic mass is 79.9. The van der Waals surface area contributed by atoms with Crippen LogP contribution in [0.5, 0.6) is 5.75 Å². The number of anilines is 2. The van der Waals surface area contributed by atoms with Crippen molar-refractivity contribution in [1.29, 1.82) is 0 Å². The summed E-state index contributed by atoms with van der Waals surface area (Å²) in [4.78, 5) is 29.5. The topological polar surface area (TPSA) is 159 Å². The molecule has 0 unspecified atom stereocenters. The number of halogens is 4. The van der Waals surface area contributed by atoms with Gasteiger partial charge in [-0.2, -0.15) is 0 Å². The first kappa shape index (κ1) is 27.0. The van der Waals surface area contributed by atoms with Gasteiger partial charge in [0.2, 0.25) is 0 Å². The predicted octanol–water partition coefficient (Wildman–Crippen LogP) is 5.23. The molecule has 5 aromatic rings. The van der Waals surface area contributed by atoms with Crippen molar-refractivity contribution in [2.45, 2.75) is 11.3 Å². The van der Waals surface area contributed by atoms with Gasteiger partial charge in [-0.15, -0.1) is 13.2 Å². The van der Waals surface area contributed by atoms with E-state index in [0.29, 0.717) is 21.1 Å². The third-order valence-corrected chi connectivity index (χ3v) is 7.31. The number of benzene rings is 3. The molecule has 11 nitrogen and oxygen atoms in total. The number of hydrogen-bond donors (Lipinski definition) is 4. The summed E-state index contributed by atoms with van der Waals surface area (Å²) in [5, 5.41) is 6.86. The van der Waals surface area contributed by atoms with Crippen LogP contribution in [-0.4, -0.2) is 35.8 Å². The minimum atomic E-state index is -4.92. The molecule has 3 aromatic carbocycles. The van der Waals surface area contributed by atoms with Gasteiger partial charge in [0.1, 0.15) is 11.4 Å². The molecule has 1 amide bonds. The Kier molecular flexibility index (Phi) is 6.89. The van der Waals surface area contributed by atoms with Crippen LogP contribution in [0, 0.1) is 0 Å². The van der Waals surface area contributed by atoms with Crippen molar-refractivity contribution in [2.75, 3.05) is 10.0 Å². The quantitative estimate of drug-likeness (QED) is 0.190. The molecule has 2 heterocycles. The lowest BCUT2D eigenvalue weighted by Crippen LogP contribution is -2.17. The number of nitrogens with zero attached hydrogens (tertiary/aromatic N) is 1. The molecule has 0 atom stereocenters. The van der Waals surface area contributed by atoms with Crippen LogP contribution in [0.4, 0.5) is 24.5 Å². The Balaban J connectivity index is 1.40. The standard InChI is InChI=1S/C24H15BrF3N5O6S/c25-13-4-9-17(16(11-13)21-31-23(35)39-32-21)30-22(34)19-10-12-2-1-3-18(20(12)29-19)33-40(36,37)15-7-5-14(6-8-15)38-24(26,27)28/h1-11,29,33H,(H,30,34)(H,31,32,35). The average Bonchev–Trinajstić information content (AvgIpc) is 3.51. The van der Waals surface area contributed by atoms with E-state index in [4.69, 9.17) is 0 Å². The van der Waals surface area contributed by atoms with Crippen molar-refractivity contribution in [3.05, 3.63) is 87.4 Å². The monoisotopic (exact) mass is 637 g/mol. The van der Waals surface area contributed by atoms with Gasteiger partial charge in [0, 0.05) is 15.4 Å². The third-order valence-electron chi connectivity index (χ3n) is 5.44. The van der Waals surface area contributed by atoms with Gasteiger partial charge in [-0.05, 0) is 54.6 Å². The number of amides is 1. The molecule has 0 fully saturated rings. The summed E-state index contributed by atoms with van der Waals surface area (Å²) in [6.45, 7) is 0. The van der Waals surface area contributed by atoms with Crippen molar-refractivity contribution in [3.8, 4) is 17.1 Å². The van der Waals surface area contributed by atoms with Crippen molar-refractivity contribution in [1.82, 2.24) is 15.1 Å². The molecule has 16 heteroatoms. The first-order valence-electron chi connectivity index (χ1n) is 11.1. The van der Waals surface area contributed by atoms with E-state index < -0.39 is 33.8 Å². The number of carbonyl (C=O) groups is 1. The Hall–Kier alpha value is -4.57. The molecule has 0 aliphatic carbocycles. The fourth-order valence-corrected chi connectivity index (χ4v) is 5.18. The van der Waals surface area contributed by atoms with Crippen molar-refractivity contribution >= 4 is 54.1 Å². The van der Waals surface area contributed by atoms with Gasteiger partial charge in [-0.1, -0.05) is 33.2 Å². The van der Waals surface area contributed by atoms with Gasteiger partial charge < -0.3 is 15.0 Å². The van der Waals surface area contributed by atoms with E-state index in [1.54, 1.807) is 30.3 Å². The number of ether oxygens (including phenoxy) is 1. The zero-order valence-electron chi connectivity index (χ0n) is 19.7. The van der Waals surface area contributed by atoms with E-state index in [1.807, 2.05) is 0 Å². The largest absolute Gasteiger partial charge is 0.573 e. The fourth-order valence-electron chi connectivity index (χ4n) is 3.74. The molecule has 40 heavy (non-hydrogen) atoms. The molecule has 0 bridgehead atoms. The molecule has 0 saturated heterocycles. The van der Waals surface area contributed by atoms with Gasteiger partial charge in [0.15, 0.2) is 5.82 Å². The second kappa shape index (κ2) is 10.2. The fraction of sp³-hybridized carbons (Fsp3) is 0.0417. The maximum absolute atomic E-state index is 13.1. The molecule has 4 N–H and O–H groups in total. The van der Waals surface area contributed by atoms with Crippen LogP contribution < -0.4 is 20.5 Å². The average molecular weight is 638 g/mol. The lowest BCUT2D eigenvalue weighted by atomic mass is 10.1. The van der Waals surface area contributed by atoms with Gasteiger partial charge >= 0.3 is 12.1 Å². The number of nitrogens with one attached hydrogen (secondary N) is 4. The summed E-state index contributed by atoms with van der Waals surface area (Å²) < 4.78 is 74.4. The summed E-state index contributed by atoms with van der Waals surface area (Å²) in [6.07, 6.45) is -4.92. The van der Waals surface area contributed by atoms with Crippen molar-refractivity contribution < 1.29 is 35.6 Å². The zero-order chi connectivity index (χ0) is 28.7. The van der Waals surface area contributed by atoms with Crippen LogP contribution in [0.1, 0.15) is 10.5 Å². The number of rotatable bonds is 7. The van der Waals surface area contributed by atoms with E-state index in [1.165, 1.54) is 12.1 Å². The van der Waals surface area contributed by atoms with Crippen molar-refractivity contribution in [3.63, 3.8) is 0 Å². The summed E-state index contributed by atoms with van der Waals surface area (Å²) in [7, 11) is -4.22.